The summed E-state index contributed by atoms with van der Waals surface area (Å²) < 4.78 is 0. The van der Waals surface area contributed by atoms with E-state index in [1.165, 1.54) is 0 Å². The van der Waals surface area contributed by atoms with E-state index < -0.39 is 0 Å². The molecule has 0 aliphatic carbocycles. The fourth-order valence-electron chi connectivity index (χ4n) is 3.16. The molecule has 2 N–H and O–H groups in total. The molecule has 2 saturated heterocycles. The van der Waals surface area contributed by atoms with Gasteiger partial charge < -0.3 is 15.5 Å². The maximum atomic E-state index is 12.2. The van der Waals surface area contributed by atoms with E-state index in [1.807, 2.05) is 30.0 Å². The summed E-state index contributed by atoms with van der Waals surface area (Å²) in [7, 11) is 0. The van der Waals surface area contributed by atoms with Crippen molar-refractivity contribution in [3.05, 3.63) is 35.4 Å². The molecule has 5 nitrogen and oxygen atoms in total. The van der Waals surface area contributed by atoms with E-state index in [9.17, 15) is 9.59 Å². The molecule has 2 amide bonds. The van der Waals surface area contributed by atoms with Crippen LogP contribution in [-0.4, -0.2) is 36.3 Å². The molecule has 1 aromatic carbocycles. The number of benzene rings is 1. The van der Waals surface area contributed by atoms with Gasteiger partial charge in [-0.1, -0.05) is 31.2 Å². The van der Waals surface area contributed by atoms with Gasteiger partial charge in [0, 0.05) is 32.0 Å². The molecule has 1 atom stereocenters. The molecule has 2 heterocycles. The summed E-state index contributed by atoms with van der Waals surface area (Å²) in [6.45, 7) is 5.95. The molecule has 132 valence electrons. The van der Waals surface area contributed by atoms with Gasteiger partial charge in [-0.3, -0.25) is 9.59 Å². The lowest BCUT2D eigenvalue weighted by molar-refractivity contribution is -0.128. The number of rotatable bonds is 6. The molecule has 0 bridgehead atoms. The van der Waals surface area contributed by atoms with Crippen molar-refractivity contribution in [1.29, 1.82) is 0 Å². The SMILES string of the molecule is CC(C(=O)NCc1cccc(CN2CCCC2=O)c1)C1CNC1.Cl. The van der Waals surface area contributed by atoms with Crippen LogP contribution in [0.5, 0.6) is 0 Å². The molecular formula is C18H26ClN3O2. The average molecular weight is 352 g/mol. The minimum absolute atomic E-state index is 0. The van der Waals surface area contributed by atoms with Gasteiger partial charge in [0.2, 0.25) is 11.8 Å². The number of hydrogen-bond acceptors (Lipinski definition) is 3. The highest BCUT2D eigenvalue weighted by Crippen LogP contribution is 2.17. The average Bonchev–Trinajstić information content (AvgIpc) is 2.88. The Hall–Kier alpha value is -1.59. The fourth-order valence-corrected chi connectivity index (χ4v) is 3.16. The number of nitrogens with zero attached hydrogens (tertiary/aromatic N) is 1. The summed E-state index contributed by atoms with van der Waals surface area (Å²) in [5.41, 5.74) is 2.21. The van der Waals surface area contributed by atoms with Crippen LogP contribution in [-0.2, 0) is 22.7 Å². The molecule has 0 saturated carbocycles. The van der Waals surface area contributed by atoms with E-state index in [4.69, 9.17) is 0 Å². The molecule has 0 aromatic heterocycles. The lowest BCUT2D eigenvalue weighted by Crippen LogP contribution is -2.49. The summed E-state index contributed by atoms with van der Waals surface area (Å²) in [5.74, 6) is 0.882. The number of carbonyl (C=O) groups is 2. The molecule has 0 radical (unpaired) electrons. The minimum atomic E-state index is 0. The Morgan fingerprint density at radius 2 is 2.12 bits per heavy atom. The van der Waals surface area contributed by atoms with Crippen molar-refractivity contribution in [3.63, 3.8) is 0 Å². The second kappa shape index (κ2) is 8.49. The molecule has 24 heavy (non-hydrogen) atoms. The number of nitrogens with one attached hydrogen (secondary N) is 2. The zero-order valence-electron chi connectivity index (χ0n) is 14.1. The minimum Gasteiger partial charge on any atom is -0.352 e. The predicted molar refractivity (Wildman–Crippen MR) is 95.7 cm³/mol. The lowest BCUT2D eigenvalue weighted by Gasteiger charge is -2.31. The maximum Gasteiger partial charge on any atom is 0.223 e. The summed E-state index contributed by atoms with van der Waals surface area (Å²) in [4.78, 5) is 25.8. The Morgan fingerprint density at radius 3 is 2.75 bits per heavy atom. The van der Waals surface area contributed by atoms with E-state index in [1.54, 1.807) is 0 Å². The molecule has 2 aliphatic rings. The van der Waals surface area contributed by atoms with Crippen molar-refractivity contribution >= 4 is 24.2 Å². The number of carbonyl (C=O) groups excluding carboxylic acids is 2. The Bertz CT molecular complexity index is 589. The third-order valence-corrected chi connectivity index (χ3v) is 4.94. The van der Waals surface area contributed by atoms with Gasteiger partial charge in [0.1, 0.15) is 0 Å². The van der Waals surface area contributed by atoms with E-state index >= 15 is 0 Å². The first-order chi connectivity index (χ1) is 11.1. The Kier molecular flexibility index (Phi) is 6.63. The van der Waals surface area contributed by atoms with Crippen molar-refractivity contribution < 1.29 is 9.59 Å². The number of likely N-dealkylation sites (tertiary alicyclic amines) is 1. The van der Waals surface area contributed by atoms with Crippen LogP contribution in [0.25, 0.3) is 0 Å². The summed E-state index contributed by atoms with van der Waals surface area (Å²) in [6, 6.07) is 8.14. The summed E-state index contributed by atoms with van der Waals surface area (Å²) in [5, 5.41) is 6.23. The molecule has 1 unspecified atom stereocenters. The topological polar surface area (TPSA) is 61.4 Å². The lowest BCUT2D eigenvalue weighted by atomic mass is 9.88. The molecule has 6 heteroatoms. The van der Waals surface area contributed by atoms with E-state index in [0.717, 1.165) is 37.2 Å². The highest BCUT2D eigenvalue weighted by Gasteiger charge is 2.28. The van der Waals surface area contributed by atoms with Crippen LogP contribution < -0.4 is 10.6 Å². The van der Waals surface area contributed by atoms with Gasteiger partial charge in [-0.25, -0.2) is 0 Å². The van der Waals surface area contributed by atoms with Crippen molar-refractivity contribution in [1.82, 2.24) is 15.5 Å². The standard InChI is InChI=1S/C18H25N3O2.ClH/c1-13(16-10-19-11-16)18(23)20-9-14-4-2-5-15(8-14)12-21-7-3-6-17(21)22;/h2,4-5,8,13,16,19H,3,6-7,9-12H2,1H3,(H,20,23);1H. The molecule has 2 aliphatic heterocycles. The second-order valence-electron chi connectivity index (χ2n) is 6.66. The van der Waals surface area contributed by atoms with Crippen LogP contribution in [0.15, 0.2) is 24.3 Å². The van der Waals surface area contributed by atoms with Gasteiger partial charge in [0.15, 0.2) is 0 Å². The molecule has 2 fully saturated rings. The van der Waals surface area contributed by atoms with Crippen molar-refractivity contribution in [2.75, 3.05) is 19.6 Å². The third kappa shape index (κ3) is 4.48. The van der Waals surface area contributed by atoms with Gasteiger partial charge in [-0.15, -0.1) is 12.4 Å². The van der Waals surface area contributed by atoms with Gasteiger partial charge in [0.05, 0.1) is 0 Å². The Morgan fingerprint density at radius 1 is 1.38 bits per heavy atom. The molecule has 3 rings (SSSR count). The van der Waals surface area contributed by atoms with Gasteiger partial charge in [0.25, 0.3) is 0 Å². The highest BCUT2D eigenvalue weighted by atomic mass is 35.5. The number of amides is 2. The van der Waals surface area contributed by atoms with Crippen LogP contribution in [0.3, 0.4) is 0 Å². The Balaban J connectivity index is 0.00000208. The van der Waals surface area contributed by atoms with Crippen LogP contribution in [0.1, 0.15) is 30.9 Å². The van der Waals surface area contributed by atoms with Crippen molar-refractivity contribution in [3.8, 4) is 0 Å². The second-order valence-corrected chi connectivity index (χ2v) is 6.66. The predicted octanol–water partition coefficient (Wildman–Crippen LogP) is 1.70. The van der Waals surface area contributed by atoms with Crippen LogP contribution in [0.4, 0.5) is 0 Å². The normalized spacial score (nSPS) is 18.7. The smallest absolute Gasteiger partial charge is 0.223 e. The fraction of sp³-hybridized carbons (Fsp3) is 0.556. The summed E-state index contributed by atoms with van der Waals surface area (Å²) >= 11 is 0. The van der Waals surface area contributed by atoms with Crippen LogP contribution >= 0.6 is 12.4 Å². The van der Waals surface area contributed by atoms with Crippen molar-refractivity contribution in [2.24, 2.45) is 11.8 Å². The summed E-state index contributed by atoms with van der Waals surface area (Å²) in [6.07, 6.45) is 1.63. The zero-order chi connectivity index (χ0) is 16.2. The Labute approximate surface area is 149 Å². The highest BCUT2D eigenvalue weighted by molar-refractivity contribution is 5.85. The maximum absolute atomic E-state index is 12.2. The van der Waals surface area contributed by atoms with E-state index in [-0.39, 0.29) is 30.1 Å². The van der Waals surface area contributed by atoms with E-state index in [0.29, 0.717) is 25.4 Å². The van der Waals surface area contributed by atoms with Gasteiger partial charge in [-0.2, -0.15) is 0 Å². The first kappa shape index (κ1) is 18.7. The molecule has 0 spiro atoms. The van der Waals surface area contributed by atoms with Crippen LogP contribution in [0.2, 0.25) is 0 Å². The number of halogens is 1. The zero-order valence-corrected chi connectivity index (χ0v) is 14.9. The number of hydrogen-bond donors (Lipinski definition) is 2. The first-order valence-electron chi connectivity index (χ1n) is 8.47. The monoisotopic (exact) mass is 351 g/mol. The first-order valence-corrected chi connectivity index (χ1v) is 8.47. The van der Waals surface area contributed by atoms with Crippen molar-refractivity contribution in [2.45, 2.75) is 32.9 Å². The van der Waals surface area contributed by atoms with E-state index in [2.05, 4.69) is 16.7 Å². The van der Waals surface area contributed by atoms with Gasteiger partial charge >= 0.3 is 0 Å². The quantitative estimate of drug-likeness (QED) is 0.820. The van der Waals surface area contributed by atoms with Crippen LogP contribution in [0, 0.1) is 11.8 Å². The van der Waals surface area contributed by atoms with Gasteiger partial charge in [-0.05, 0) is 36.6 Å². The molecule has 1 aromatic rings. The molecular weight excluding hydrogens is 326 g/mol. The largest absolute Gasteiger partial charge is 0.352 e. The third-order valence-electron chi connectivity index (χ3n) is 4.94.